The summed E-state index contributed by atoms with van der Waals surface area (Å²) in [7, 11) is 0. The average molecular weight is 266 g/mol. The van der Waals surface area contributed by atoms with E-state index >= 15 is 0 Å². The number of fused-ring (bicyclic) bond motifs is 1. The number of benzene rings is 2. The van der Waals surface area contributed by atoms with E-state index in [2.05, 4.69) is 24.3 Å². The van der Waals surface area contributed by atoms with Crippen LogP contribution in [0.3, 0.4) is 0 Å². The van der Waals surface area contributed by atoms with Crippen molar-refractivity contribution < 1.29 is 4.79 Å². The molecule has 94 valence electrons. The Morgan fingerprint density at radius 2 is 1.84 bits per heavy atom. The molecule has 19 heavy (non-hydrogen) atoms. The molecule has 1 aromatic heterocycles. The van der Waals surface area contributed by atoms with Gasteiger partial charge < -0.3 is 0 Å². The molecule has 0 bridgehead atoms. The van der Waals surface area contributed by atoms with Gasteiger partial charge in [0.05, 0.1) is 0 Å². The van der Waals surface area contributed by atoms with Crippen LogP contribution in [-0.2, 0) is 6.42 Å². The van der Waals surface area contributed by atoms with E-state index in [-0.39, 0.29) is 5.78 Å². The van der Waals surface area contributed by atoms with Gasteiger partial charge in [-0.1, -0.05) is 42.5 Å². The molecule has 2 heteroatoms. The largest absolute Gasteiger partial charge is 0.294 e. The third-order valence-corrected chi connectivity index (χ3v) is 4.20. The first kappa shape index (κ1) is 12.1. The van der Waals surface area contributed by atoms with Crippen LogP contribution in [0, 0.1) is 6.92 Å². The summed E-state index contributed by atoms with van der Waals surface area (Å²) in [5, 5.41) is 6.37. The van der Waals surface area contributed by atoms with Gasteiger partial charge in [-0.25, -0.2) is 0 Å². The number of Topliss-reactive ketones (excluding diaryl/α,β-unsaturated/α-hetero) is 1. The van der Waals surface area contributed by atoms with Crippen LogP contribution in [-0.4, -0.2) is 5.78 Å². The molecule has 0 aliphatic heterocycles. The molecule has 0 spiro atoms. The van der Waals surface area contributed by atoms with Gasteiger partial charge in [-0.15, -0.1) is 0 Å². The van der Waals surface area contributed by atoms with Gasteiger partial charge in [0.15, 0.2) is 5.78 Å². The normalized spacial score (nSPS) is 10.8. The standard InChI is InChI=1S/C17H14OS/c1-12-10-19-11-16(12)17(18)9-13-6-7-14-4-2-3-5-15(14)8-13/h2-8,10-11H,9H2,1H3. The SMILES string of the molecule is Cc1cscc1C(=O)Cc1ccc2ccccc2c1. The van der Waals surface area contributed by atoms with Crippen LogP contribution in [0.1, 0.15) is 21.5 Å². The summed E-state index contributed by atoms with van der Waals surface area (Å²) in [6.07, 6.45) is 0.475. The van der Waals surface area contributed by atoms with Gasteiger partial charge in [-0.05, 0) is 34.2 Å². The summed E-state index contributed by atoms with van der Waals surface area (Å²) in [6.45, 7) is 1.99. The van der Waals surface area contributed by atoms with Gasteiger partial charge in [0.2, 0.25) is 0 Å². The maximum atomic E-state index is 12.2. The zero-order valence-electron chi connectivity index (χ0n) is 10.7. The van der Waals surface area contributed by atoms with Crippen molar-refractivity contribution in [2.24, 2.45) is 0 Å². The molecule has 0 aliphatic carbocycles. The lowest BCUT2D eigenvalue weighted by molar-refractivity contribution is 0.0993. The minimum Gasteiger partial charge on any atom is -0.294 e. The highest BCUT2D eigenvalue weighted by Gasteiger charge is 2.10. The average Bonchev–Trinajstić information content (AvgIpc) is 2.85. The first-order valence-corrected chi connectivity index (χ1v) is 7.22. The van der Waals surface area contributed by atoms with Gasteiger partial charge in [0.1, 0.15) is 0 Å². The number of carbonyl (C=O) groups excluding carboxylic acids is 1. The number of aryl methyl sites for hydroxylation is 1. The van der Waals surface area contributed by atoms with Crippen molar-refractivity contribution in [1.29, 1.82) is 0 Å². The number of ketones is 1. The molecule has 0 fully saturated rings. The van der Waals surface area contributed by atoms with Crippen LogP contribution >= 0.6 is 11.3 Å². The predicted molar refractivity (Wildman–Crippen MR) is 81.0 cm³/mol. The second-order valence-corrected chi connectivity index (χ2v) is 5.49. The highest BCUT2D eigenvalue weighted by molar-refractivity contribution is 7.08. The smallest absolute Gasteiger partial charge is 0.168 e. The van der Waals surface area contributed by atoms with E-state index in [1.165, 1.54) is 10.8 Å². The van der Waals surface area contributed by atoms with E-state index in [0.29, 0.717) is 6.42 Å². The van der Waals surface area contributed by atoms with Crippen molar-refractivity contribution in [3.05, 3.63) is 69.9 Å². The zero-order chi connectivity index (χ0) is 13.2. The van der Waals surface area contributed by atoms with Crippen molar-refractivity contribution in [2.75, 3.05) is 0 Å². The van der Waals surface area contributed by atoms with E-state index < -0.39 is 0 Å². The Morgan fingerprint density at radius 1 is 1.05 bits per heavy atom. The molecule has 3 aromatic rings. The van der Waals surface area contributed by atoms with Crippen molar-refractivity contribution in [3.8, 4) is 0 Å². The summed E-state index contributed by atoms with van der Waals surface area (Å²) in [5.41, 5.74) is 3.02. The fourth-order valence-electron chi connectivity index (χ4n) is 2.28. The van der Waals surface area contributed by atoms with E-state index in [0.717, 1.165) is 16.7 Å². The van der Waals surface area contributed by atoms with Crippen LogP contribution in [0.15, 0.2) is 53.2 Å². The zero-order valence-corrected chi connectivity index (χ0v) is 11.5. The van der Waals surface area contributed by atoms with Gasteiger partial charge >= 0.3 is 0 Å². The first-order chi connectivity index (χ1) is 9.24. The van der Waals surface area contributed by atoms with Gasteiger partial charge in [-0.2, -0.15) is 11.3 Å². The lowest BCUT2D eigenvalue weighted by atomic mass is 10.00. The lowest BCUT2D eigenvalue weighted by Crippen LogP contribution is -2.03. The topological polar surface area (TPSA) is 17.1 Å². The minimum absolute atomic E-state index is 0.203. The molecule has 3 rings (SSSR count). The van der Waals surface area contributed by atoms with E-state index in [9.17, 15) is 4.79 Å². The summed E-state index contributed by atoms with van der Waals surface area (Å²) in [6, 6.07) is 14.5. The van der Waals surface area contributed by atoms with Gasteiger partial charge in [0.25, 0.3) is 0 Å². The van der Waals surface area contributed by atoms with Crippen LogP contribution in [0.5, 0.6) is 0 Å². The Balaban J connectivity index is 1.89. The summed E-state index contributed by atoms with van der Waals surface area (Å²) in [5.74, 6) is 0.203. The molecule has 0 saturated carbocycles. The molecule has 0 atom stereocenters. The summed E-state index contributed by atoms with van der Waals surface area (Å²) >= 11 is 1.59. The molecule has 0 unspecified atom stereocenters. The van der Waals surface area contributed by atoms with E-state index in [4.69, 9.17) is 0 Å². The molecular formula is C17H14OS. The van der Waals surface area contributed by atoms with Crippen molar-refractivity contribution >= 4 is 27.9 Å². The molecule has 0 amide bonds. The third kappa shape index (κ3) is 2.45. The number of hydrogen-bond acceptors (Lipinski definition) is 2. The van der Waals surface area contributed by atoms with Crippen LogP contribution < -0.4 is 0 Å². The van der Waals surface area contributed by atoms with Crippen LogP contribution in [0.4, 0.5) is 0 Å². The van der Waals surface area contributed by atoms with Crippen LogP contribution in [0.25, 0.3) is 10.8 Å². The minimum atomic E-state index is 0.203. The molecule has 1 heterocycles. The quantitative estimate of drug-likeness (QED) is 0.631. The highest BCUT2D eigenvalue weighted by atomic mass is 32.1. The molecule has 0 saturated heterocycles. The maximum absolute atomic E-state index is 12.2. The Hall–Kier alpha value is -1.93. The maximum Gasteiger partial charge on any atom is 0.168 e. The Morgan fingerprint density at radius 3 is 2.58 bits per heavy atom. The van der Waals surface area contributed by atoms with Crippen molar-refractivity contribution in [2.45, 2.75) is 13.3 Å². The predicted octanol–water partition coefficient (Wildman–Crippen LogP) is 4.64. The fraction of sp³-hybridized carbons (Fsp3) is 0.118. The second kappa shape index (κ2) is 4.98. The van der Waals surface area contributed by atoms with Crippen LogP contribution in [0.2, 0.25) is 0 Å². The van der Waals surface area contributed by atoms with Crippen molar-refractivity contribution in [1.82, 2.24) is 0 Å². The van der Waals surface area contributed by atoms with Gasteiger partial charge in [0, 0.05) is 17.4 Å². The third-order valence-electron chi connectivity index (χ3n) is 3.33. The molecule has 2 aromatic carbocycles. The Labute approximate surface area is 116 Å². The molecule has 0 aliphatic rings. The first-order valence-electron chi connectivity index (χ1n) is 6.28. The second-order valence-electron chi connectivity index (χ2n) is 4.75. The number of hydrogen-bond donors (Lipinski definition) is 0. The monoisotopic (exact) mass is 266 g/mol. The fourth-order valence-corrected chi connectivity index (χ4v) is 3.13. The van der Waals surface area contributed by atoms with Gasteiger partial charge in [-0.3, -0.25) is 4.79 Å². The highest BCUT2D eigenvalue weighted by Crippen LogP contribution is 2.19. The number of rotatable bonds is 3. The molecule has 0 radical (unpaired) electrons. The van der Waals surface area contributed by atoms with Crippen molar-refractivity contribution in [3.63, 3.8) is 0 Å². The molecule has 0 N–H and O–H groups in total. The summed E-state index contributed by atoms with van der Waals surface area (Å²) < 4.78 is 0. The Bertz CT molecular complexity index is 740. The Kier molecular flexibility index (Phi) is 3.18. The number of thiophene rings is 1. The van der Waals surface area contributed by atoms with E-state index in [1.807, 2.05) is 35.9 Å². The van der Waals surface area contributed by atoms with E-state index in [1.54, 1.807) is 11.3 Å². The lowest BCUT2D eigenvalue weighted by Gasteiger charge is -2.03. The molecular weight excluding hydrogens is 252 g/mol. The number of carbonyl (C=O) groups is 1. The molecule has 1 nitrogen and oxygen atoms in total. The summed E-state index contributed by atoms with van der Waals surface area (Å²) in [4.78, 5) is 12.2.